The quantitative estimate of drug-likeness (QED) is 0.477. The van der Waals surface area contributed by atoms with Crippen LogP contribution in [0.4, 0.5) is 14.5 Å². The molecule has 1 atom stereocenters. The van der Waals surface area contributed by atoms with Gasteiger partial charge in [0, 0.05) is 11.4 Å². The van der Waals surface area contributed by atoms with Crippen LogP contribution < -0.4 is 5.32 Å². The number of carbonyl (C=O) groups is 1. The number of halogens is 3. The number of nitro groups is 1. The normalized spacial score (nSPS) is 12.3. The molecule has 0 aliphatic heterocycles. The van der Waals surface area contributed by atoms with Gasteiger partial charge >= 0.3 is 0 Å². The van der Waals surface area contributed by atoms with Crippen molar-refractivity contribution in [1.29, 1.82) is 0 Å². The fraction of sp³-hybridized carbons (Fsp3) is 0.462. The molecule has 0 radical (unpaired) electrons. The van der Waals surface area contributed by atoms with Gasteiger partial charge in [-0.1, -0.05) is 29.8 Å². The maximum atomic E-state index is 13.2. The Kier molecular flexibility index (Phi) is 6.19. The van der Waals surface area contributed by atoms with Gasteiger partial charge in [-0.15, -0.1) is 0 Å². The van der Waals surface area contributed by atoms with Crippen molar-refractivity contribution in [2.45, 2.75) is 25.1 Å². The van der Waals surface area contributed by atoms with Crippen molar-refractivity contribution >= 4 is 27.5 Å². The van der Waals surface area contributed by atoms with Crippen molar-refractivity contribution < 1.29 is 18.5 Å². The van der Waals surface area contributed by atoms with E-state index in [1.165, 1.54) is 0 Å². The highest BCUT2D eigenvalue weighted by molar-refractivity contribution is 9.09. The van der Waals surface area contributed by atoms with Crippen molar-refractivity contribution in [3.8, 4) is 0 Å². The van der Waals surface area contributed by atoms with Crippen LogP contribution in [0.25, 0.3) is 0 Å². The van der Waals surface area contributed by atoms with E-state index >= 15 is 0 Å². The van der Waals surface area contributed by atoms with Crippen molar-refractivity contribution in [3.63, 3.8) is 0 Å². The zero-order valence-corrected chi connectivity index (χ0v) is 13.1. The van der Waals surface area contributed by atoms with Gasteiger partial charge in [-0.05, 0) is 18.4 Å². The maximum Gasteiger partial charge on any atom is 0.285 e. The van der Waals surface area contributed by atoms with E-state index in [1.807, 2.05) is 13.8 Å². The van der Waals surface area contributed by atoms with Gasteiger partial charge in [0.15, 0.2) is 11.6 Å². The second-order valence-electron chi connectivity index (χ2n) is 4.98. The molecular formula is C13H15BrF2N2O3. The number of nitrogens with zero attached hydrogens (tertiary/aromatic N) is 1. The summed E-state index contributed by atoms with van der Waals surface area (Å²) in [5, 5.41) is 13.3. The van der Waals surface area contributed by atoms with E-state index in [0.29, 0.717) is 18.1 Å². The van der Waals surface area contributed by atoms with E-state index in [4.69, 9.17) is 0 Å². The summed E-state index contributed by atoms with van der Waals surface area (Å²) < 4.78 is 26.2. The first-order chi connectivity index (χ1) is 9.72. The monoisotopic (exact) mass is 364 g/mol. The van der Waals surface area contributed by atoms with Crippen LogP contribution in [-0.2, 0) is 0 Å². The molecule has 0 aromatic heterocycles. The fourth-order valence-corrected chi connectivity index (χ4v) is 2.67. The molecule has 8 heteroatoms. The number of benzene rings is 1. The summed E-state index contributed by atoms with van der Waals surface area (Å²) >= 11 is 3.37. The van der Waals surface area contributed by atoms with Crippen LogP contribution in [0.5, 0.6) is 0 Å². The molecule has 21 heavy (non-hydrogen) atoms. The molecule has 0 heterocycles. The average molecular weight is 365 g/mol. The summed E-state index contributed by atoms with van der Waals surface area (Å²) in [5.41, 5.74) is -1.26. The van der Waals surface area contributed by atoms with Crippen LogP contribution in [0.3, 0.4) is 0 Å². The summed E-state index contributed by atoms with van der Waals surface area (Å²) in [7, 11) is 0. The number of rotatable bonds is 6. The topological polar surface area (TPSA) is 72.2 Å². The Morgan fingerprint density at radius 1 is 1.38 bits per heavy atom. The first kappa shape index (κ1) is 17.5. The van der Waals surface area contributed by atoms with Crippen molar-refractivity contribution in [2.75, 3.05) is 6.54 Å². The molecule has 0 aliphatic rings. The molecule has 1 unspecified atom stereocenters. The minimum absolute atomic E-state index is 0.00852. The van der Waals surface area contributed by atoms with Gasteiger partial charge in [0.1, 0.15) is 5.56 Å². The molecule has 5 nitrogen and oxygen atoms in total. The molecule has 116 valence electrons. The molecule has 0 saturated heterocycles. The highest BCUT2D eigenvalue weighted by Crippen LogP contribution is 2.22. The summed E-state index contributed by atoms with van der Waals surface area (Å²) in [6.07, 6.45) is 0.792. The molecule has 0 fully saturated rings. The van der Waals surface area contributed by atoms with E-state index in [0.717, 1.165) is 6.42 Å². The van der Waals surface area contributed by atoms with Gasteiger partial charge in [-0.3, -0.25) is 14.9 Å². The van der Waals surface area contributed by atoms with Crippen LogP contribution >= 0.6 is 15.9 Å². The Hall–Kier alpha value is -1.57. The zero-order chi connectivity index (χ0) is 16.2. The second-order valence-corrected chi connectivity index (χ2v) is 6.27. The zero-order valence-electron chi connectivity index (χ0n) is 11.5. The minimum atomic E-state index is -1.36. The van der Waals surface area contributed by atoms with E-state index in [1.54, 1.807) is 0 Å². The third-order valence-electron chi connectivity index (χ3n) is 2.69. The van der Waals surface area contributed by atoms with E-state index < -0.39 is 33.7 Å². The first-order valence-electron chi connectivity index (χ1n) is 6.28. The molecule has 0 spiro atoms. The summed E-state index contributed by atoms with van der Waals surface area (Å²) in [6, 6.07) is 0.943. The molecule has 0 bridgehead atoms. The Balaban J connectivity index is 2.87. The third kappa shape index (κ3) is 5.04. The summed E-state index contributed by atoms with van der Waals surface area (Å²) in [6.45, 7) is 4.25. The number of alkyl halides is 1. The number of amides is 1. The molecule has 1 amide bonds. The third-order valence-corrected chi connectivity index (χ3v) is 3.39. The van der Waals surface area contributed by atoms with Crippen LogP contribution in [-0.4, -0.2) is 22.2 Å². The van der Waals surface area contributed by atoms with Gasteiger partial charge in [0.2, 0.25) is 0 Å². The number of hydrogen-bond acceptors (Lipinski definition) is 3. The van der Waals surface area contributed by atoms with Crippen molar-refractivity contribution in [3.05, 3.63) is 39.4 Å². The highest BCUT2D eigenvalue weighted by atomic mass is 79.9. The van der Waals surface area contributed by atoms with E-state index in [9.17, 15) is 23.7 Å². The Labute approximate surface area is 129 Å². The SMILES string of the molecule is CC(C)CC(Br)CNC(=O)c1cc(F)c(F)cc1[N+](=O)[O-]. The Morgan fingerprint density at radius 2 is 1.95 bits per heavy atom. The highest BCUT2D eigenvalue weighted by Gasteiger charge is 2.24. The van der Waals surface area contributed by atoms with Gasteiger partial charge in [0.05, 0.1) is 11.0 Å². The standard InChI is InChI=1S/C13H15BrF2N2O3/c1-7(2)3-8(14)6-17-13(19)9-4-10(15)11(16)5-12(9)18(20)21/h4-5,7-8H,3,6H2,1-2H3,(H,17,19). The fourth-order valence-electron chi connectivity index (χ4n) is 1.76. The number of carbonyl (C=O) groups excluding carboxylic acids is 1. The van der Waals surface area contributed by atoms with E-state index in [2.05, 4.69) is 21.2 Å². The van der Waals surface area contributed by atoms with Crippen LogP contribution in [0, 0.1) is 27.7 Å². The van der Waals surface area contributed by atoms with Gasteiger partial charge in [-0.25, -0.2) is 8.78 Å². The number of nitrogens with one attached hydrogen (secondary N) is 1. The smallest absolute Gasteiger partial charge is 0.285 e. The lowest BCUT2D eigenvalue weighted by atomic mass is 10.1. The molecule has 1 N–H and O–H groups in total. The minimum Gasteiger partial charge on any atom is -0.351 e. The van der Waals surface area contributed by atoms with Crippen molar-refractivity contribution in [1.82, 2.24) is 5.32 Å². The predicted octanol–water partition coefficient (Wildman–Crippen LogP) is 3.41. The number of hydrogen-bond donors (Lipinski definition) is 1. The van der Waals surface area contributed by atoms with Gasteiger partial charge < -0.3 is 5.32 Å². The van der Waals surface area contributed by atoms with E-state index in [-0.39, 0.29) is 11.4 Å². The summed E-state index contributed by atoms with van der Waals surface area (Å²) in [5.74, 6) is -3.07. The molecule has 1 aromatic rings. The van der Waals surface area contributed by atoms with Crippen LogP contribution in [0.2, 0.25) is 0 Å². The van der Waals surface area contributed by atoms with Crippen LogP contribution in [0.15, 0.2) is 12.1 Å². The Morgan fingerprint density at radius 3 is 2.48 bits per heavy atom. The van der Waals surface area contributed by atoms with Crippen molar-refractivity contribution in [2.24, 2.45) is 5.92 Å². The van der Waals surface area contributed by atoms with Gasteiger partial charge in [-0.2, -0.15) is 0 Å². The predicted molar refractivity (Wildman–Crippen MR) is 77.5 cm³/mol. The number of nitro benzene ring substituents is 1. The largest absolute Gasteiger partial charge is 0.351 e. The molecule has 1 aromatic carbocycles. The molecule has 1 rings (SSSR count). The molecule has 0 aliphatic carbocycles. The average Bonchev–Trinajstić information content (AvgIpc) is 2.37. The lowest BCUT2D eigenvalue weighted by Crippen LogP contribution is -2.30. The summed E-state index contributed by atoms with van der Waals surface area (Å²) in [4.78, 5) is 21.8. The molecule has 0 saturated carbocycles. The van der Waals surface area contributed by atoms with Gasteiger partial charge in [0.25, 0.3) is 11.6 Å². The lowest BCUT2D eigenvalue weighted by Gasteiger charge is -2.13. The molecular weight excluding hydrogens is 350 g/mol. The lowest BCUT2D eigenvalue weighted by molar-refractivity contribution is -0.385. The maximum absolute atomic E-state index is 13.2. The first-order valence-corrected chi connectivity index (χ1v) is 7.19. The second kappa shape index (κ2) is 7.44. The van der Waals surface area contributed by atoms with Crippen LogP contribution in [0.1, 0.15) is 30.6 Å². The Bertz CT molecular complexity index is 552.